The molecule has 1 aliphatic rings. The summed E-state index contributed by atoms with van der Waals surface area (Å²) in [4.78, 5) is 18.3. The lowest BCUT2D eigenvalue weighted by Gasteiger charge is -2.20. The Kier molecular flexibility index (Phi) is 3.78. The van der Waals surface area contributed by atoms with Crippen molar-refractivity contribution in [2.75, 3.05) is 11.9 Å². The van der Waals surface area contributed by atoms with Crippen molar-refractivity contribution in [1.82, 2.24) is 4.98 Å². The van der Waals surface area contributed by atoms with Crippen LogP contribution in [0.2, 0.25) is 0 Å². The first-order chi connectivity index (χ1) is 8.85. The Bertz CT molecular complexity index is 444. The van der Waals surface area contributed by atoms with E-state index in [0.717, 1.165) is 11.4 Å². The molecule has 104 valence electrons. The molecule has 4 heteroatoms. The molecule has 1 aliphatic carbocycles. The molecule has 19 heavy (non-hydrogen) atoms. The van der Waals surface area contributed by atoms with Crippen molar-refractivity contribution in [2.24, 2.45) is 0 Å². The first-order valence-corrected chi connectivity index (χ1v) is 6.75. The van der Waals surface area contributed by atoms with Crippen LogP contribution in [-0.2, 0) is 16.0 Å². The van der Waals surface area contributed by atoms with E-state index in [2.05, 4.69) is 16.9 Å². The minimum absolute atomic E-state index is 0.211. The maximum absolute atomic E-state index is 11.7. The number of carbonyl (C=O) groups is 1. The van der Waals surface area contributed by atoms with Crippen molar-refractivity contribution < 1.29 is 9.53 Å². The van der Waals surface area contributed by atoms with Gasteiger partial charge in [-0.05, 0) is 45.2 Å². The van der Waals surface area contributed by atoms with Gasteiger partial charge in [-0.25, -0.2) is 4.98 Å². The largest absolute Gasteiger partial charge is 0.460 e. The molecule has 4 nitrogen and oxygen atoms in total. The van der Waals surface area contributed by atoms with Crippen LogP contribution in [0.5, 0.6) is 0 Å². The molecule has 0 saturated heterocycles. The average molecular weight is 262 g/mol. The molecule has 1 heterocycles. The second-order valence-electron chi connectivity index (χ2n) is 6.13. The van der Waals surface area contributed by atoms with E-state index in [1.165, 1.54) is 12.8 Å². The molecule has 0 radical (unpaired) electrons. The summed E-state index contributed by atoms with van der Waals surface area (Å²) in [6.45, 7) is 5.62. The van der Waals surface area contributed by atoms with E-state index in [-0.39, 0.29) is 12.4 Å². The molecule has 0 aliphatic heterocycles. The Morgan fingerprint density at radius 1 is 1.42 bits per heavy atom. The number of hydrogen-bond donors (Lipinski definition) is 0. The van der Waals surface area contributed by atoms with E-state index in [1.54, 1.807) is 6.20 Å². The van der Waals surface area contributed by atoms with Gasteiger partial charge in [0.1, 0.15) is 11.4 Å². The molecule has 1 aromatic heterocycles. The highest BCUT2D eigenvalue weighted by Gasteiger charge is 2.27. The van der Waals surface area contributed by atoms with E-state index >= 15 is 0 Å². The Morgan fingerprint density at radius 3 is 2.58 bits per heavy atom. The molecule has 0 bridgehead atoms. The van der Waals surface area contributed by atoms with E-state index in [0.29, 0.717) is 6.04 Å². The number of pyridine rings is 1. The van der Waals surface area contributed by atoms with E-state index in [9.17, 15) is 4.79 Å². The van der Waals surface area contributed by atoms with Gasteiger partial charge >= 0.3 is 5.97 Å². The molecule has 2 rings (SSSR count). The molecule has 1 aromatic rings. The molecule has 0 unspecified atom stereocenters. The highest BCUT2D eigenvalue weighted by Crippen LogP contribution is 2.28. The molecule has 0 spiro atoms. The van der Waals surface area contributed by atoms with Crippen LogP contribution in [0.1, 0.15) is 39.2 Å². The van der Waals surface area contributed by atoms with Gasteiger partial charge in [0.2, 0.25) is 0 Å². The van der Waals surface area contributed by atoms with Gasteiger partial charge in [0.25, 0.3) is 0 Å². The molecule has 0 atom stereocenters. The lowest BCUT2D eigenvalue weighted by molar-refractivity contribution is -0.153. The van der Waals surface area contributed by atoms with Crippen LogP contribution >= 0.6 is 0 Å². The van der Waals surface area contributed by atoms with Gasteiger partial charge in [-0.3, -0.25) is 4.79 Å². The van der Waals surface area contributed by atoms with Gasteiger partial charge in [-0.2, -0.15) is 0 Å². The fourth-order valence-electron chi connectivity index (χ4n) is 1.92. The van der Waals surface area contributed by atoms with Crippen LogP contribution < -0.4 is 4.90 Å². The minimum atomic E-state index is -0.434. The summed E-state index contributed by atoms with van der Waals surface area (Å²) in [6.07, 6.45) is 4.53. The Morgan fingerprint density at radius 2 is 2.11 bits per heavy atom. The van der Waals surface area contributed by atoms with Gasteiger partial charge in [0.15, 0.2) is 0 Å². The van der Waals surface area contributed by atoms with Crippen LogP contribution in [0.4, 0.5) is 5.82 Å². The third-order valence-corrected chi connectivity index (χ3v) is 3.03. The third-order valence-electron chi connectivity index (χ3n) is 3.03. The number of rotatable bonds is 4. The molecule has 1 saturated carbocycles. The highest BCUT2D eigenvalue weighted by molar-refractivity contribution is 5.73. The topological polar surface area (TPSA) is 42.4 Å². The van der Waals surface area contributed by atoms with E-state index in [1.807, 2.05) is 32.9 Å². The van der Waals surface area contributed by atoms with Gasteiger partial charge < -0.3 is 9.64 Å². The van der Waals surface area contributed by atoms with Gasteiger partial charge in [-0.1, -0.05) is 6.07 Å². The summed E-state index contributed by atoms with van der Waals surface area (Å²) in [5, 5.41) is 0. The monoisotopic (exact) mass is 262 g/mol. The number of carbonyl (C=O) groups excluding carboxylic acids is 1. The zero-order chi connectivity index (χ0) is 14.0. The molecular formula is C15H22N2O2. The summed E-state index contributed by atoms with van der Waals surface area (Å²) in [5.74, 6) is 0.757. The van der Waals surface area contributed by atoms with Crippen LogP contribution in [0, 0.1) is 0 Å². The first-order valence-electron chi connectivity index (χ1n) is 6.75. The summed E-state index contributed by atoms with van der Waals surface area (Å²) in [7, 11) is 2.06. The summed E-state index contributed by atoms with van der Waals surface area (Å²) < 4.78 is 5.29. The van der Waals surface area contributed by atoms with Gasteiger partial charge in [0.05, 0.1) is 6.42 Å². The maximum atomic E-state index is 11.7. The fraction of sp³-hybridized carbons (Fsp3) is 0.600. The lowest BCUT2D eigenvalue weighted by atomic mass is 10.1. The van der Waals surface area contributed by atoms with Crippen molar-refractivity contribution in [3.8, 4) is 0 Å². The zero-order valence-corrected chi connectivity index (χ0v) is 12.1. The smallest absolute Gasteiger partial charge is 0.310 e. The van der Waals surface area contributed by atoms with Crippen LogP contribution in [0.25, 0.3) is 0 Å². The predicted molar refractivity (Wildman–Crippen MR) is 75.2 cm³/mol. The molecule has 1 fully saturated rings. The normalized spacial score (nSPS) is 15.2. The summed E-state index contributed by atoms with van der Waals surface area (Å²) in [6, 6.07) is 4.56. The fourth-order valence-corrected chi connectivity index (χ4v) is 1.92. The van der Waals surface area contributed by atoms with Crippen molar-refractivity contribution in [3.63, 3.8) is 0 Å². The van der Waals surface area contributed by atoms with Crippen molar-refractivity contribution in [2.45, 2.75) is 51.7 Å². The Labute approximate surface area is 114 Å². The second kappa shape index (κ2) is 5.19. The standard InChI is InChI=1S/C15H22N2O2/c1-15(2,3)19-14(18)9-11-5-8-13(16-10-11)17(4)12-6-7-12/h5,8,10,12H,6-7,9H2,1-4H3. The van der Waals surface area contributed by atoms with Gasteiger partial charge in [0, 0.05) is 19.3 Å². The zero-order valence-electron chi connectivity index (χ0n) is 12.1. The highest BCUT2D eigenvalue weighted by atomic mass is 16.6. The number of ether oxygens (including phenoxy) is 1. The first kappa shape index (κ1) is 13.8. The SMILES string of the molecule is CN(c1ccc(CC(=O)OC(C)(C)C)cn1)C1CC1. The third kappa shape index (κ3) is 4.23. The predicted octanol–water partition coefficient (Wildman–Crippen LogP) is 2.56. The molecule has 0 aromatic carbocycles. The summed E-state index contributed by atoms with van der Waals surface area (Å²) >= 11 is 0. The molecular weight excluding hydrogens is 240 g/mol. The van der Waals surface area contributed by atoms with E-state index < -0.39 is 5.60 Å². The number of aromatic nitrogens is 1. The van der Waals surface area contributed by atoms with Crippen LogP contribution in [0.15, 0.2) is 18.3 Å². The molecule has 0 amide bonds. The van der Waals surface area contributed by atoms with Crippen LogP contribution in [-0.4, -0.2) is 29.6 Å². The Balaban J connectivity index is 1.93. The maximum Gasteiger partial charge on any atom is 0.310 e. The number of esters is 1. The van der Waals surface area contributed by atoms with E-state index in [4.69, 9.17) is 4.74 Å². The number of nitrogens with zero attached hydrogens (tertiary/aromatic N) is 2. The lowest BCUT2D eigenvalue weighted by Crippen LogP contribution is -2.25. The number of hydrogen-bond acceptors (Lipinski definition) is 4. The number of anilines is 1. The minimum Gasteiger partial charge on any atom is -0.460 e. The summed E-state index contributed by atoms with van der Waals surface area (Å²) in [5.41, 5.74) is 0.457. The van der Waals surface area contributed by atoms with Crippen molar-refractivity contribution >= 4 is 11.8 Å². The van der Waals surface area contributed by atoms with Crippen molar-refractivity contribution in [1.29, 1.82) is 0 Å². The van der Waals surface area contributed by atoms with Crippen molar-refractivity contribution in [3.05, 3.63) is 23.9 Å². The molecule has 0 N–H and O–H groups in total. The quantitative estimate of drug-likeness (QED) is 0.782. The second-order valence-corrected chi connectivity index (χ2v) is 6.13. The van der Waals surface area contributed by atoms with Crippen LogP contribution in [0.3, 0.4) is 0 Å². The Hall–Kier alpha value is -1.58. The van der Waals surface area contributed by atoms with Gasteiger partial charge in [-0.15, -0.1) is 0 Å². The average Bonchev–Trinajstić information content (AvgIpc) is 3.10.